The summed E-state index contributed by atoms with van der Waals surface area (Å²) in [5, 5.41) is 7.48. The Bertz CT molecular complexity index is 637. The normalized spacial score (nSPS) is 12.7. The zero-order valence-electron chi connectivity index (χ0n) is 14.2. The lowest BCUT2D eigenvalue weighted by atomic mass is 10.1. The zero-order valence-corrected chi connectivity index (χ0v) is 14.2. The number of primary amides is 2. The Morgan fingerprint density at radius 2 is 1.65 bits per heavy atom. The van der Waals surface area contributed by atoms with Crippen LogP contribution in [-0.4, -0.2) is 55.3 Å². The fraction of sp³-hybridized carbons (Fsp3) is 0.375. The van der Waals surface area contributed by atoms with E-state index in [1.807, 2.05) is 30.3 Å². The van der Waals surface area contributed by atoms with Gasteiger partial charge < -0.3 is 33.2 Å². The van der Waals surface area contributed by atoms with Crippen molar-refractivity contribution in [1.29, 1.82) is 0 Å². The molecule has 0 saturated carbocycles. The van der Waals surface area contributed by atoms with Gasteiger partial charge in [0, 0.05) is 13.0 Å². The van der Waals surface area contributed by atoms with Crippen molar-refractivity contribution in [2.24, 2.45) is 17.2 Å². The number of hydrogen-bond acceptors (Lipinski definition) is 6. The van der Waals surface area contributed by atoms with Crippen LogP contribution in [0.4, 0.5) is 0 Å². The third-order valence-electron chi connectivity index (χ3n) is 3.38. The van der Waals surface area contributed by atoms with Gasteiger partial charge in [0.25, 0.3) is 0 Å². The van der Waals surface area contributed by atoms with E-state index in [0.717, 1.165) is 5.56 Å². The van der Waals surface area contributed by atoms with E-state index >= 15 is 0 Å². The fourth-order valence-electron chi connectivity index (χ4n) is 2.06. The Morgan fingerprint density at radius 1 is 1.00 bits per heavy atom. The quantitative estimate of drug-likeness (QED) is 0.239. The van der Waals surface area contributed by atoms with Crippen LogP contribution in [-0.2, 0) is 25.6 Å². The lowest BCUT2D eigenvalue weighted by Crippen LogP contribution is -2.51. The van der Waals surface area contributed by atoms with Gasteiger partial charge >= 0.3 is 0 Å². The second kappa shape index (κ2) is 10.8. The maximum atomic E-state index is 11.9. The zero-order chi connectivity index (χ0) is 19.5. The van der Waals surface area contributed by atoms with Crippen LogP contribution in [0.3, 0.4) is 0 Å². The molecule has 10 heteroatoms. The van der Waals surface area contributed by atoms with Crippen molar-refractivity contribution in [2.75, 3.05) is 19.6 Å². The van der Waals surface area contributed by atoms with E-state index < -0.39 is 35.7 Å². The van der Waals surface area contributed by atoms with Crippen LogP contribution in [0.25, 0.3) is 0 Å². The fourth-order valence-corrected chi connectivity index (χ4v) is 2.06. The smallest absolute Gasteiger partial charge is 0.240 e. The molecule has 0 radical (unpaired) electrons. The number of nitrogens with one attached hydrogen (secondary N) is 3. The van der Waals surface area contributed by atoms with Gasteiger partial charge in [-0.25, -0.2) is 0 Å². The van der Waals surface area contributed by atoms with Crippen LogP contribution in [0.1, 0.15) is 5.56 Å². The van der Waals surface area contributed by atoms with Crippen LogP contribution in [0.5, 0.6) is 0 Å². The summed E-state index contributed by atoms with van der Waals surface area (Å²) >= 11 is 0. The maximum absolute atomic E-state index is 11.9. The third-order valence-corrected chi connectivity index (χ3v) is 3.38. The molecule has 0 fully saturated rings. The molecule has 1 aromatic rings. The first-order valence-electron chi connectivity index (χ1n) is 7.94. The molecular weight excluding hydrogens is 340 g/mol. The third kappa shape index (κ3) is 8.22. The minimum atomic E-state index is -0.960. The number of nitrogens with two attached hydrogens (primary N) is 3. The number of rotatable bonds is 11. The van der Waals surface area contributed by atoms with Crippen LogP contribution >= 0.6 is 0 Å². The molecule has 0 saturated heterocycles. The molecular formula is C16H24N6O4. The van der Waals surface area contributed by atoms with E-state index in [1.54, 1.807) is 0 Å². The molecule has 2 unspecified atom stereocenters. The predicted molar refractivity (Wildman–Crippen MR) is 94.3 cm³/mol. The molecule has 0 bridgehead atoms. The van der Waals surface area contributed by atoms with Crippen LogP contribution in [0, 0.1) is 0 Å². The van der Waals surface area contributed by atoms with Gasteiger partial charge in [-0.15, -0.1) is 0 Å². The Hall–Kier alpha value is -2.98. The van der Waals surface area contributed by atoms with E-state index in [1.165, 1.54) is 0 Å². The minimum Gasteiger partial charge on any atom is -0.368 e. The molecule has 0 aliphatic heterocycles. The largest absolute Gasteiger partial charge is 0.368 e. The topological polar surface area (TPSA) is 182 Å². The number of carbonyl (C=O) groups is 4. The van der Waals surface area contributed by atoms with Crippen molar-refractivity contribution in [3.05, 3.63) is 35.9 Å². The van der Waals surface area contributed by atoms with Gasteiger partial charge in [0.2, 0.25) is 23.6 Å². The number of hydrogen-bond donors (Lipinski definition) is 6. The highest BCUT2D eigenvalue weighted by Crippen LogP contribution is 2.02. The molecule has 26 heavy (non-hydrogen) atoms. The van der Waals surface area contributed by atoms with Crippen molar-refractivity contribution in [2.45, 2.75) is 18.5 Å². The predicted octanol–water partition coefficient (Wildman–Crippen LogP) is -3.28. The number of carbonyl (C=O) groups excluding carboxylic acids is 4. The van der Waals surface area contributed by atoms with Gasteiger partial charge in [0.15, 0.2) is 0 Å². The Labute approximate surface area is 150 Å². The number of benzene rings is 1. The highest BCUT2D eigenvalue weighted by molar-refractivity contribution is 5.88. The molecule has 4 amide bonds. The molecule has 142 valence electrons. The Balaban J connectivity index is 2.38. The Morgan fingerprint density at radius 3 is 2.23 bits per heavy atom. The van der Waals surface area contributed by atoms with Crippen molar-refractivity contribution < 1.29 is 19.2 Å². The summed E-state index contributed by atoms with van der Waals surface area (Å²) in [7, 11) is 0. The summed E-state index contributed by atoms with van der Waals surface area (Å²) in [4.78, 5) is 45.6. The van der Waals surface area contributed by atoms with E-state index in [9.17, 15) is 19.2 Å². The minimum absolute atomic E-state index is 0.00205. The Kier molecular flexibility index (Phi) is 8.75. The van der Waals surface area contributed by atoms with E-state index in [4.69, 9.17) is 17.2 Å². The van der Waals surface area contributed by atoms with Crippen molar-refractivity contribution in [1.82, 2.24) is 16.0 Å². The molecule has 0 aromatic heterocycles. The maximum Gasteiger partial charge on any atom is 0.240 e. The van der Waals surface area contributed by atoms with E-state index in [-0.39, 0.29) is 26.1 Å². The molecule has 0 aliphatic carbocycles. The first-order valence-corrected chi connectivity index (χ1v) is 7.94. The van der Waals surface area contributed by atoms with Gasteiger partial charge in [-0.05, 0) is 5.56 Å². The molecule has 2 atom stereocenters. The van der Waals surface area contributed by atoms with Crippen molar-refractivity contribution >= 4 is 23.6 Å². The van der Waals surface area contributed by atoms with E-state index in [0.29, 0.717) is 0 Å². The molecule has 0 heterocycles. The molecule has 1 rings (SSSR count). The van der Waals surface area contributed by atoms with Gasteiger partial charge in [0.05, 0.1) is 19.1 Å². The van der Waals surface area contributed by atoms with Crippen LogP contribution in [0.15, 0.2) is 30.3 Å². The van der Waals surface area contributed by atoms with Gasteiger partial charge in [-0.3, -0.25) is 19.2 Å². The summed E-state index contributed by atoms with van der Waals surface area (Å²) in [6.07, 6.45) is 0.275. The second-order valence-electron chi connectivity index (χ2n) is 5.63. The van der Waals surface area contributed by atoms with Gasteiger partial charge in [0.1, 0.15) is 6.04 Å². The number of amides is 4. The van der Waals surface area contributed by atoms with Crippen LogP contribution in [0.2, 0.25) is 0 Å². The SMILES string of the molecule is NC(=O)CNC(=O)C(N)CNCC(=O)NC(Cc1ccccc1)C(N)=O. The second-order valence-corrected chi connectivity index (χ2v) is 5.63. The summed E-state index contributed by atoms with van der Waals surface area (Å²) in [5.41, 5.74) is 16.7. The standard InChI is InChI=1S/C16H24N6O4/c17-11(16(26)21-8-13(18)23)7-20-9-14(24)22-12(15(19)25)6-10-4-2-1-3-5-10/h1-5,11-12,20H,6-9,17H2,(H2,18,23)(H2,19,25)(H,21,26)(H,22,24). The summed E-state index contributed by atoms with van der Waals surface area (Å²) < 4.78 is 0. The van der Waals surface area contributed by atoms with E-state index in [2.05, 4.69) is 16.0 Å². The molecule has 10 nitrogen and oxygen atoms in total. The summed E-state index contributed by atoms with van der Waals surface area (Å²) in [5.74, 6) is -2.37. The summed E-state index contributed by atoms with van der Waals surface area (Å²) in [6.45, 7) is -0.472. The van der Waals surface area contributed by atoms with Crippen LogP contribution < -0.4 is 33.2 Å². The lowest BCUT2D eigenvalue weighted by molar-refractivity contribution is -0.127. The van der Waals surface area contributed by atoms with Crippen molar-refractivity contribution in [3.8, 4) is 0 Å². The average Bonchev–Trinajstić information content (AvgIpc) is 2.59. The first kappa shape index (κ1) is 21.1. The highest BCUT2D eigenvalue weighted by Gasteiger charge is 2.19. The van der Waals surface area contributed by atoms with Gasteiger partial charge in [-0.1, -0.05) is 30.3 Å². The molecule has 1 aromatic carbocycles. The molecule has 0 aliphatic rings. The van der Waals surface area contributed by atoms with Gasteiger partial charge in [-0.2, -0.15) is 0 Å². The monoisotopic (exact) mass is 364 g/mol. The average molecular weight is 364 g/mol. The molecule has 0 spiro atoms. The molecule has 9 N–H and O–H groups in total. The summed E-state index contributed by atoms with van der Waals surface area (Å²) in [6, 6.07) is 7.32. The highest BCUT2D eigenvalue weighted by atomic mass is 16.2. The van der Waals surface area contributed by atoms with Crippen molar-refractivity contribution in [3.63, 3.8) is 0 Å². The lowest BCUT2D eigenvalue weighted by Gasteiger charge is -2.17. The first-order chi connectivity index (χ1) is 12.3.